The van der Waals surface area contributed by atoms with Crippen molar-refractivity contribution in [1.29, 1.82) is 0 Å². The van der Waals surface area contributed by atoms with E-state index in [4.69, 9.17) is 0 Å². The summed E-state index contributed by atoms with van der Waals surface area (Å²) >= 11 is 0. The lowest BCUT2D eigenvalue weighted by atomic mass is 10.0. The van der Waals surface area contributed by atoms with Crippen LogP contribution in [0, 0.1) is 19.7 Å². The Balaban J connectivity index is 1.44. The number of carbonyl (C=O) groups excluding carboxylic acids is 1. The third kappa shape index (κ3) is 3.24. The van der Waals surface area contributed by atoms with E-state index >= 15 is 0 Å². The molecule has 0 radical (unpaired) electrons. The molecule has 0 unspecified atom stereocenters. The molecule has 2 aromatic carbocycles. The van der Waals surface area contributed by atoms with Crippen LogP contribution in [0.15, 0.2) is 36.4 Å². The minimum Gasteiger partial charge on any atom is -0.356 e. The van der Waals surface area contributed by atoms with E-state index in [1.54, 1.807) is 30.3 Å². The van der Waals surface area contributed by atoms with Gasteiger partial charge in [-0.1, -0.05) is 18.2 Å². The molecule has 28 heavy (non-hydrogen) atoms. The molecule has 142 valence electrons. The lowest BCUT2D eigenvalue weighted by Crippen LogP contribution is -2.25. The van der Waals surface area contributed by atoms with E-state index in [1.807, 2.05) is 13.8 Å². The van der Waals surface area contributed by atoms with Crippen LogP contribution in [0.3, 0.4) is 0 Å². The lowest BCUT2D eigenvalue weighted by molar-refractivity contribution is 0.0954. The zero-order valence-electron chi connectivity index (χ0n) is 15.5. The summed E-state index contributed by atoms with van der Waals surface area (Å²) in [7, 11) is 0. The van der Waals surface area contributed by atoms with Crippen molar-refractivity contribution in [3.8, 4) is 11.4 Å². The minimum atomic E-state index is -0.263. The number of H-pyrrole nitrogens is 2. The highest BCUT2D eigenvalue weighted by Gasteiger charge is 2.14. The number of halogens is 1. The third-order valence-corrected chi connectivity index (χ3v) is 4.84. The number of aromatic amines is 2. The summed E-state index contributed by atoms with van der Waals surface area (Å²) in [6.45, 7) is 4.34. The summed E-state index contributed by atoms with van der Waals surface area (Å²) in [6, 6.07) is 10.2. The van der Waals surface area contributed by atoms with Crippen molar-refractivity contribution in [2.45, 2.75) is 20.3 Å². The van der Waals surface area contributed by atoms with E-state index in [9.17, 15) is 9.18 Å². The normalized spacial score (nSPS) is 11.1. The molecule has 0 bridgehead atoms. The molecule has 0 aliphatic rings. The summed E-state index contributed by atoms with van der Waals surface area (Å²) in [5, 5.41) is 17.6. The molecule has 0 aliphatic carbocycles. The topological polar surface area (TPSA) is 99.4 Å². The molecule has 1 amide bonds. The second-order valence-electron chi connectivity index (χ2n) is 6.66. The molecule has 4 rings (SSSR count). The highest BCUT2D eigenvalue weighted by molar-refractivity contribution is 5.94. The van der Waals surface area contributed by atoms with E-state index in [1.165, 1.54) is 6.07 Å². The number of aryl methyl sites for hydroxylation is 2. The van der Waals surface area contributed by atoms with Crippen LogP contribution < -0.4 is 5.32 Å². The van der Waals surface area contributed by atoms with Crippen LogP contribution in [0.25, 0.3) is 22.3 Å². The number of amides is 1. The van der Waals surface area contributed by atoms with Crippen molar-refractivity contribution < 1.29 is 9.18 Å². The Hall–Kier alpha value is -3.55. The van der Waals surface area contributed by atoms with Gasteiger partial charge in [-0.15, -0.1) is 10.2 Å². The smallest absolute Gasteiger partial charge is 0.251 e. The number of rotatable bonds is 5. The van der Waals surface area contributed by atoms with Crippen LogP contribution in [0.4, 0.5) is 4.39 Å². The first-order chi connectivity index (χ1) is 13.5. The van der Waals surface area contributed by atoms with Crippen molar-refractivity contribution in [2.75, 3.05) is 6.54 Å². The fraction of sp³-hybridized carbons (Fsp3) is 0.200. The van der Waals surface area contributed by atoms with Gasteiger partial charge in [-0.2, -0.15) is 5.21 Å². The predicted molar refractivity (Wildman–Crippen MR) is 103 cm³/mol. The van der Waals surface area contributed by atoms with Gasteiger partial charge in [0.1, 0.15) is 5.82 Å². The van der Waals surface area contributed by atoms with Gasteiger partial charge in [0, 0.05) is 28.8 Å². The van der Waals surface area contributed by atoms with Gasteiger partial charge in [0.05, 0.1) is 5.52 Å². The Kier molecular flexibility index (Phi) is 4.60. The van der Waals surface area contributed by atoms with Crippen LogP contribution in [0.1, 0.15) is 27.2 Å². The Morgan fingerprint density at radius 1 is 1.14 bits per heavy atom. The Labute approximate surface area is 160 Å². The van der Waals surface area contributed by atoms with Crippen molar-refractivity contribution in [1.82, 2.24) is 30.9 Å². The molecule has 0 spiro atoms. The van der Waals surface area contributed by atoms with Crippen molar-refractivity contribution in [3.63, 3.8) is 0 Å². The van der Waals surface area contributed by atoms with Gasteiger partial charge < -0.3 is 10.3 Å². The average molecular weight is 378 g/mol. The quantitative estimate of drug-likeness (QED) is 0.497. The maximum Gasteiger partial charge on any atom is 0.251 e. The summed E-state index contributed by atoms with van der Waals surface area (Å²) in [6.07, 6.45) is 0.614. The summed E-state index contributed by atoms with van der Waals surface area (Å²) < 4.78 is 14.1. The first-order valence-corrected chi connectivity index (χ1v) is 8.93. The van der Waals surface area contributed by atoms with Gasteiger partial charge in [0.2, 0.25) is 5.82 Å². The molecule has 2 aromatic heterocycles. The largest absolute Gasteiger partial charge is 0.356 e. The lowest BCUT2D eigenvalue weighted by Gasteiger charge is -2.07. The van der Waals surface area contributed by atoms with Gasteiger partial charge in [-0.05, 0) is 54.8 Å². The van der Waals surface area contributed by atoms with E-state index in [-0.39, 0.29) is 11.7 Å². The Morgan fingerprint density at radius 2 is 1.93 bits per heavy atom. The summed E-state index contributed by atoms with van der Waals surface area (Å²) in [5.41, 5.74) is 4.80. The molecule has 4 aromatic rings. The molecular formula is C20H19FN6O. The standard InChI is InChI=1S/C20H19FN6O/c1-11-3-8-16(21)18-17(11)15(12(2)23-18)9-10-22-20(28)14-6-4-13(5-7-14)19-24-26-27-25-19/h3-8,23H,9-10H2,1-2H3,(H,22,28)(H,24,25,26,27). The fourth-order valence-corrected chi connectivity index (χ4v) is 3.41. The minimum absolute atomic E-state index is 0.167. The molecule has 0 fully saturated rings. The molecule has 0 saturated heterocycles. The molecule has 0 aliphatic heterocycles. The zero-order valence-corrected chi connectivity index (χ0v) is 15.5. The van der Waals surface area contributed by atoms with Gasteiger partial charge in [0.15, 0.2) is 0 Å². The predicted octanol–water partition coefficient (Wildman–Crippen LogP) is 3.08. The summed E-state index contributed by atoms with van der Waals surface area (Å²) in [5.74, 6) is 0.0464. The van der Waals surface area contributed by atoms with E-state index < -0.39 is 0 Å². The second-order valence-corrected chi connectivity index (χ2v) is 6.66. The van der Waals surface area contributed by atoms with Gasteiger partial charge >= 0.3 is 0 Å². The SMILES string of the molecule is Cc1[nH]c2c(F)ccc(C)c2c1CCNC(=O)c1ccc(-c2nn[nH]n2)cc1. The van der Waals surface area contributed by atoms with Crippen molar-refractivity contribution in [2.24, 2.45) is 0 Å². The number of carbonyl (C=O) groups is 1. The van der Waals surface area contributed by atoms with Gasteiger partial charge in [-0.3, -0.25) is 4.79 Å². The number of fused-ring (bicyclic) bond motifs is 1. The second kappa shape index (κ2) is 7.22. The molecule has 0 atom stereocenters. The highest BCUT2D eigenvalue weighted by Crippen LogP contribution is 2.27. The maximum atomic E-state index is 14.1. The molecule has 2 heterocycles. The molecule has 3 N–H and O–H groups in total. The van der Waals surface area contributed by atoms with Crippen LogP contribution in [0.5, 0.6) is 0 Å². The zero-order chi connectivity index (χ0) is 19.7. The molecule has 7 nitrogen and oxygen atoms in total. The number of nitrogens with zero attached hydrogens (tertiary/aromatic N) is 3. The first-order valence-electron chi connectivity index (χ1n) is 8.93. The van der Waals surface area contributed by atoms with E-state index in [0.717, 1.165) is 27.8 Å². The number of aromatic nitrogens is 5. The number of hydrogen-bond acceptors (Lipinski definition) is 4. The van der Waals surface area contributed by atoms with Crippen LogP contribution >= 0.6 is 0 Å². The third-order valence-electron chi connectivity index (χ3n) is 4.84. The van der Waals surface area contributed by atoms with Gasteiger partial charge in [0.25, 0.3) is 5.91 Å². The molecule has 0 saturated carbocycles. The van der Waals surface area contributed by atoms with E-state index in [0.29, 0.717) is 29.9 Å². The van der Waals surface area contributed by atoms with Crippen molar-refractivity contribution >= 4 is 16.8 Å². The number of benzene rings is 2. The maximum absolute atomic E-state index is 14.1. The number of hydrogen-bond donors (Lipinski definition) is 3. The summed E-state index contributed by atoms with van der Waals surface area (Å²) in [4.78, 5) is 15.5. The number of nitrogens with one attached hydrogen (secondary N) is 3. The fourth-order valence-electron chi connectivity index (χ4n) is 3.41. The van der Waals surface area contributed by atoms with E-state index in [2.05, 4.69) is 30.9 Å². The van der Waals surface area contributed by atoms with Crippen LogP contribution in [0.2, 0.25) is 0 Å². The van der Waals surface area contributed by atoms with Crippen molar-refractivity contribution in [3.05, 3.63) is 64.6 Å². The monoisotopic (exact) mass is 378 g/mol. The van der Waals surface area contributed by atoms with Crippen LogP contribution in [-0.2, 0) is 6.42 Å². The average Bonchev–Trinajstić information content (AvgIpc) is 3.34. The van der Waals surface area contributed by atoms with Crippen LogP contribution in [-0.4, -0.2) is 38.1 Å². The Morgan fingerprint density at radius 3 is 2.64 bits per heavy atom. The molecular weight excluding hydrogens is 359 g/mol. The van der Waals surface area contributed by atoms with Gasteiger partial charge in [-0.25, -0.2) is 4.39 Å². The number of tetrazole rings is 1. The first kappa shape index (κ1) is 17.8. The molecule has 8 heteroatoms. The highest BCUT2D eigenvalue weighted by atomic mass is 19.1. The Bertz CT molecular complexity index is 1130.